The van der Waals surface area contributed by atoms with Gasteiger partial charge in [-0.25, -0.2) is 0 Å². The molecule has 0 amide bonds. The number of hydrogen-bond acceptors (Lipinski definition) is 10. The van der Waals surface area contributed by atoms with Crippen molar-refractivity contribution in [1.82, 2.24) is 19.6 Å². The lowest BCUT2D eigenvalue weighted by Crippen LogP contribution is -2.50. The van der Waals surface area contributed by atoms with E-state index in [9.17, 15) is 0 Å². The van der Waals surface area contributed by atoms with Gasteiger partial charge in [0, 0.05) is 11.8 Å². The van der Waals surface area contributed by atoms with Crippen molar-refractivity contribution in [1.29, 1.82) is 0 Å². The van der Waals surface area contributed by atoms with Crippen LogP contribution >= 0.6 is 74.0 Å². The van der Waals surface area contributed by atoms with Gasteiger partial charge in [-0.15, -0.1) is 23.5 Å². The van der Waals surface area contributed by atoms with Crippen LogP contribution in [0.25, 0.3) is 0 Å². The maximum Gasteiger partial charge on any atom is 0.0523 e. The molecule has 1 aliphatic heterocycles. The summed E-state index contributed by atoms with van der Waals surface area (Å²) in [5, 5.41) is 0. The summed E-state index contributed by atoms with van der Waals surface area (Å²) < 4.78 is 0. The molecule has 0 aromatic heterocycles. The first-order valence-electron chi connectivity index (χ1n) is 12.7. The van der Waals surface area contributed by atoms with Crippen molar-refractivity contribution < 1.29 is 0 Å². The van der Waals surface area contributed by atoms with Gasteiger partial charge in [0.15, 0.2) is 0 Å². The molecule has 208 valence electrons. The summed E-state index contributed by atoms with van der Waals surface area (Å²) >= 11 is 20.6. The van der Waals surface area contributed by atoms with Gasteiger partial charge in [0.05, 0.1) is 20.0 Å². The quantitative estimate of drug-likeness (QED) is 0.0856. The summed E-state index contributed by atoms with van der Waals surface area (Å²) in [7, 11) is 8.62. The van der Waals surface area contributed by atoms with E-state index in [0.717, 1.165) is 43.0 Å². The first-order valence-corrected chi connectivity index (χ1v) is 17.6. The molecule has 0 bridgehead atoms. The highest BCUT2D eigenvalue weighted by molar-refractivity contribution is 8.00. The molecule has 1 saturated heterocycles. The molecule has 0 atom stereocenters. The Bertz CT molecular complexity index is 356. The Morgan fingerprint density at radius 3 is 1.18 bits per heavy atom. The van der Waals surface area contributed by atoms with E-state index in [1.165, 1.54) is 81.0 Å². The van der Waals surface area contributed by atoms with E-state index in [4.69, 9.17) is 0 Å². The topological polar surface area (TPSA) is 13.0 Å². The predicted molar refractivity (Wildman–Crippen MR) is 177 cm³/mol. The molecule has 0 spiro atoms. The molecule has 0 aromatic rings. The molecule has 34 heavy (non-hydrogen) atoms. The number of thiol groups is 4. The summed E-state index contributed by atoms with van der Waals surface area (Å²) in [5.41, 5.74) is 0. The lowest BCUT2D eigenvalue weighted by molar-refractivity contribution is 0.0149. The average Bonchev–Trinajstić information content (AvgIpc) is 2.79. The molecule has 1 heterocycles. The molecule has 0 saturated carbocycles. The van der Waals surface area contributed by atoms with Crippen molar-refractivity contribution in [2.75, 3.05) is 94.5 Å². The largest absolute Gasteiger partial charge is 0.288 e. The second kappa shape index (κ2) is 31.2. The molecule has 1 fully saturated rings. The van der Waals surface area contributed by atoms with Crippen molar-refractivity contribution in [3.8, 4) is 0 Å². The average molecular weight is 593 g/mol. The predicted octanol–water partition coefficient (Wildman–Crippen LogP) is 6.18. The Balaban J connectivity index is 0. The van der Waals surface area contributed by atoms with Gasteiger partial charge in [-0.2, -0.15) is 50.5 Å². The zero-order valence-electron chi connectivity index (χ0n) is 22.5. The number of hydrogen-bond donors (Lipinski definition) is 4. The van der Waals surface area contributed by atoms with Crippen LogP contribution in [0.1, 0.15) is 57.8 Å². The van der Waals surface area contributed by atoms with E-state index in [1.807, 2.05) is 0 Å². The van der Waals surface area contributed by atoms with Gasteiger partial charge in [-0.3, -0.25) is 19.6 Å². The standard InChI is InChI=1S/C14H31NS4.C6H15N3.C4H10S2/c1-15(14-19-12-8-4-6-10-17)13-18-11-7-3-2-5-9-16;1-7-4-8(2)6-9(3)5-7;5-3-1-2-4-6/h16-17H,2-14H2,1H3;4-6H2,1-3H3;5-6H,1-4H2. The fourth-order valence-electron chi connectivity index (χ4n) is 3.23. The maximum absolute atomic E-state index is 4.23. The molecule has 0 aromatic carbocycles. The number of nitrogens with zero attached hydrogens (tertiary/aromatic N) is 4. The van der Waals surface area contributed by atoms with Crippen LogP contribution in [0.15, 0.2) is 0 Å². The molecule has 0 radical (unpaired) electrons. The Kier molecular flexibility index (Phi) is 34.9. The van der Waals surface area contributed by atoms with Crippen LogP contribution in [-0.2, 0) is 0 Å². The molecule has 0 N–H and O–H groups in total. The van der Waals surface area contributed by atoms with Crippen LogP contribution in [0.5, 0.6) is 0 Å². The minimum absolute atomic E-state index is 1.00. The van der Waals surface area contributed by atoms with Gasteiger partial charge in [-0.05, 0) is 101 Å². The van der Waals surface area contributed by atoms with Gasteiger partial charge in [0.25, 0.3) is 0 Å². The normalized spacial score (nSPS) is 15.1. The lowest BCUT2D eigenvalue weighted by atomic mass is 10.2. The lowest BCUT2D eigenvalue weighted by Gasteiger charge is -2.36. The van der Waals surface area contributed by atoms with Gasteiger partial charge in [0.1, 0.15) is 0 Å². The molecular formula is C24H56N4S6. The van der Waals surface area contributed by atoms with Gasteiger partial charge in [0.2, 0.25) is 0 Å². The van der Waals surface area contributed by atoms with Gasteiger partial charge in [-0.1, -0.05) is 19.3 Å². The fourth-order valence-corrected chi connectivity index (χ4v) is 6.13. The minimum Gasteiger partial charge on any atom is -0.288 e. The zero-order chi connectivity index (χ0) is 25.9. The summed E-state index contributed by atoms with van der Waals surface area (Å²) in [5.74, 6) is 9.04. The van der Waals surface area contributed by atoms with Crippen molar-refractivity contribution in [3.63, 3.8) is 0 Å². The number of unbranched alkanes of at least 4 members (excludes halogenated alkanes) is 6. The molecule has 0 aliphatic carbocycles. The smallest absolute Gasteiger partial charge is 0.0523 e. The molecule has 1 rings (SSSR count). The van der Waals surface area contributed by atoms with E-state index >= 15 is 0 Å². The first-order chi connectivity index (χ1) is 16.4. The minimum atomic E-state index is 1.00. The molecule has 1 aliphatic rings. The van der Waals surface area contributed by atoms with E-state index in [0.29, 0.717) is 0 Å². The number of rotatable bonds is 18. The Labute approximate surface area is 244 Å². The Morgan fingerprint density at radius 1 is 0.529 bits per heavy atom. The van der Waals surface area contributed by atoms with Gasteiger partial charge >= 0.3 is 0 Å². The Morgan fingerprint density at radius 2 is 0.824 bits per heavy atom. The Hall–Kier alpha value is 1.94. The number of thioether (sulfide) groups is 2. The molecular weight excluding hydrogens is 537 g/mol. The highest BCUT2D eigenvalue weighted by Gasteiger charge is 2.13. The van der Waals surface area contributed by atoms with E-state index in [2.05, 4.69) is 122 Å². The third-order valence-corrected chi connectivity index (χ3v) is 8.45. The summed E-state index contributed by atoms with van der Waals surface area (Å²) in [6.45, 7) is 3.26. The highest BCUT2D eigenvalue weighted by atomic mass is 32.2. The molecule has 0 unspecified atom stereocenters. The SMILES string of the molecule is CN(CSCCCCCS)CSCCCCCCS.CN1CN(C)CN(C)C1.SCCCCS. The summed E-state index contributed by atoms with van der Waals surface area (Å²) in [4.78, 5) is 9.28. The second-order valence-corrected chi connectivity index (χ2v) is 12.9. The van der Waals surface area contributed by atoms with E-state index < -0.39 is 0 Å². The van der Waals surface area contributed by atoms with Crippen molar-refractivity contribution in [2.45, 2.75) is 57.8 Å². The van der Waals surface area contributed by atoms with Crippen LogP contribution in [0.3, 0.4) is 0 Å². The van der Waals surface area contributed by atoms with Crippen molar-refractivity contribution in [2.24, 2.45) is 0 Å². The van der Waals surface area contributed by atoms with Crippen LogP contribution in [-0.4, -0.2) is 114 Å². The van der Waals surface area contributed by atoms with Gasteiger partial charge < -0.3 is 0 Å². The second-order valence-electron chi connectivity index (χ2n) is 9.00. The van der Waals surface area contributed by atoms with Crippen LogP contribution in [0, 0.1) is 0 Å². The zero-order valence-corrected chi connectivity index (χ0v) is 27.7. The first kappa shape index (κ1) is 38.1. The third-order valence-electron chi connectivity index (χ3n) is 4.78. The van der Waals surface area contributed by atoms with Crippen LogP contribution in [0.4, 0.5) is 0 Å². The highest BCUT2D eigenvalue weighted by Crippen LogP contribution is 2.13. The van der Waals surface area contributed by atoms with E-state index in [1.54, 1.807) is 0 Å². The van der Waals surface area contributed by atoms with Crippen molar-refractivity contribution in [3.05, 3.63) is 0 Å². The summed E-state index contributed by atoms with van der Waals surface area (Å²) in [6.07, 6.45) is 11.7. The van der Waals surface area contributed by atoms with Crippen LogP contribution in [0.2, 0.25) is 0 Å². The van der Waals surface area contributed by atoms with Crippen LogP contribution < -0.4 is 0 Å². The summed E-state index contributed by atoms with van der Waals surface area (Å²) in [6, 6.07) is 0. The fraction of sp³-hybridized carbons (Fsp3) is 1.00. The van der Waals surface area contributed by atoms with Crippen molar-refractivity contribution >= 4 is 74.0 Å². The molecule has 4 nitrogen and oxygen atoms in total. The van der Waals surface area contributed by atoms with E-state index in [-0.39, 0.29) is 0 Å². The maximum atomic E-state index is 4.23. The third kappa shape index (κ3) is 32.0. The monoisotopic (exact) mass is 592 g/mol. The molecule has 10 heteroatoms.